The largest absolute Gasteiger partial charge is 0.491 e. The van der Waals surface area contributed by atoms with Crippen LogP contribution in [0.15, 0.2) is 34.8 Å². The lowest BCUT2D eigenvalue weighted by atomic mass is 9.97. The molecule has 1 atom stereocenters. The summed E-state index contributed by atoms with van der Waals surface area (Å²) in [5.74, 6) is 0.777. The number of ketones is 1. The van der Waals surface area contributed by atoms with Crippen molar-refractivity contribution in [1.82, 2.24) is 0 Å². The summed E-state index contributed by atoms with van der Waals surface area (Å²) in [6, 6.07) is 9.72. The van der Waals surface area contributed by atoms with E-state index in [0.29, 0.717) is 17.9 Å². The molecule has 0 bridgehead atoms. The molecule has 17 heavy (non-hydrogen) atoms. The lowest BCUT2D eigenvalue weighted by molar-refractivity contribution is 0.0948. The normalized spacial score (nSPS) is 18.9. The van der Waals surface area contributed by atoms with Crippen molar-refractivity contribution in [3.63, 3.8) is 0 Å². The van der Waals surface area contributed by atoms with E-state index in [4.69, 9.17) is 4.74 Å². The fourth-order valence-electron chi connectivity index (χ4n) is 2.05. The van der Waals surface area contributed by atoms with E-state index >= 15 is 0 Å². The van der Waals surface area contributed by atoms with Gasteiger partial charge in [-0.3, -0.25) is 4.79 Å². The molecule has 3 rings (SSSR count). The SMILES string of the molecule is O=C1c2c(ccc3cc(Br)ccc23)OCC1Br. The molecule has 1 unspecified atom stereocenters. The van der Waals surface area contributed by atoms with Crippen LogP contribution in [0.2, 0.25) is 0 Å². The van der Waals surface area contributed by atoms with E-state index in [0.717, 1.165) is 15.2 Å². The molecule has 1 aliphatic heterocycles. The van der Waals surface area contributed by atoms with Gasteiger partial charge in [-0.2, -0.15) is 0 Å². The number of carbonyl (C=O) groups is 1. The van der Waals surface area contributed by atoms with Gasteiger partial charge in [0, 0.05) is 4.47 Å². The third-order valence-electron chi connectivity index (χ3n) is 2.86. The lowest BCUT2D eigenvalue weighted by Gasteiger charge is -2.21. The van der Waals surface area contributed by atoms with Gasteiger partial charge in [0.2, 0.25) is 0 Å². The van der Waals surface area contributed by atoms with Crippen LogP contribution in [0.4, 0.5) is 0 Å². The van der Waals surface area contributed by atoms with Crippen LogP contribution in [0.3, 0.4) is 0 Å². The molecule has 0 spiro atoms. The molecule has 0 saturated heterocycles. The van der Waals surface area contributed by atoms with E-state index in [1.165, 1.54) is 0 Å². The fraction of sp³-hybridized carbons (Fsp3) is 0.154. The first-order valence-corrected chi connectivity index (χ1v) is 6.91. The Morgan fingerprint density at radius 2 is 2.06 bits per heavy atom. The van der Waals surface area contributed by atoms with E-state index in [9.17, 15) is 4.79 Å². The molecule has 0 fully saturated rings. The molecule has 4 heteroatoms. The summed E-state index contributed by atoms with van der Waals surface area (Å²) < 4.78 is 6.57. The lowest BCUT2D eigenvalue weighted by Crippen LogP contribution is -2.28. The predicted octanol–water partition coefficient (Wildman–Crippen LogP) is 3.94. The van der Waals surface area contributed by atoms with Gasteiger partial charge in [0.25, 0.3) is 0 Å². The molecule has 0 N–H and O–H groups in total. The summed E-state index contributed by atoms with van der Waals surface area (Å²) >= 11 is 6.77. The number of benzene rings is 2. The van der Waals surface area contributed by atoms with Gasteiger partial charge < -0.3 is 4.74 Å². The third-order valence-corrected chi connectivity index (χ3v) is 4.03. The highest BCUT2D eigenvalue weighted by molar-refractivity contribution is 9.10. The second kappa shape index (κ2) is 4.10. The van der Waals surface area contributed by atoms with Gasteiger partial charge in [0.1, 0.15) is 17.2 Å². The molecule has 2 nitrogen and oxygen atoms in total. The Bertz CT molecular complexity index is 622. The fourth-order valence-corrected chi connectivity index (χ4v) is 2.79. The maximum atomic E-state index is 12.2. The standard InChI is InChI=1S/C13H8Br2O2/c14-8-2-3-9-7(5-8)1-4-11-12(9)13(16)10(15)6-17-11/h1-5,10H,6H2. The van der Waals surface area contributed by atoms with Crippen LogP contribution in [-0.4, -0.2) is 17.2 Å². The number of alkyl halides is 1. The summed E-state index contributed by atoms with van der Waals surface area (Å²) in [6.07, 6.45) is 0. The average molecular weight is 356 g/mol. The zero-order valence-corrected chi connectivity index (χ0v) is 11.9. The number of fused-ring (bicyclic) bond motifs is 3. The molecule has 0 radical (unpaired) electrons. The van der Waals surface area contributed by atoms with Crippen LogP contribution in [-0.2, 0) is 0 Å². The van der Waals surface area contributed by atoms with E-state index in [-0.39, 0.29) is 10.6 Å². The maximum absolute atomic E-state index is 12.2. The van der Waals surface area contributed by atoms with Crippen molar-refractivity contribution in [3.05, 3.63) is 40.4 Å². The molecule has 0 amide bonds. The Kier molecular flexibility index (Phi) is 2.71. The Morgan fingerprint density at radius 3 is 2.88 bits per heavy atom. The second-order valence-corrected chi connectivity index (χ2v) is 5.97. The molecule has 1 aliphatic rings. The van der Waals surface area contributed by atoms with Crippen molar-refractivity contribution in [2.75, 3.05) is 6.61 Å². The first-order chi connectivity index (χ1) is 8.16. The number of Topliss-reactive ketones (excluding diaryl/α,β-unsaturated/α-hetero) is 1. The maximum Gasteiger partial charge on any atom is 0.184 e. The molecule has 1 heterocycles. The van der Waals surface area contributed by atoms with Crippen molar-refractivity contribution in [2.45, 2.75) is 4.83 Å². The van der Waals surface area contributed by atoms with Crippen LogP contribution in [0.25, 0.3) is 10.8 Å². The van der Waals surface area contributed by atoms with Crippen molar-refractivity contribution < 1.29 is 9.53 Å². The minimum atomic E-state index is -0.246. The number of ether oxygens (including phenoxy) is 1. The topological polar surface area (TPSA) is 26.3 Å². The summed E-state index contributed by atoms with van der Waals surface area (Å²) in [7, 11) is 0. The second-order valence-electron chi connectivity index (χ2n) is 3.95. The van der Waals surface area contributed by atoms with Crippen LogP contribution in [0.1, 0.15) is 10.4 Å². The molecule has 2 aromatic carbocycles. The third kappa shape index (κ3) is 1.79. The minimum absolute atomic E-state index is 0.0965. The molecule has 0 aliphatic carbocycles. The highest BCUT2D eigenvalue weighted by Gasteiger charge is 2.28. The van der Waals surface area contributed by atoms with Gasteiger partial charge in [-0.1, -0.05) is 44.0 Å². The van der Waals surface area contributed by atoms with Crippen LogP contribution >= 0.6 is 31.9 Å². The van der Waals surface area contributed by atoms with Crippen molar-refractivity contribution >= 4 is 48.4 Å². The van der Waals surface area contributed by atoms with Crippen LogP contribution < -0.4 is 4.74 Å². The van der Waals surface area contributed by atoms with Crippen LogP contribution in [0.5, 0.6) is 5.75 Å². The Balaban J connectivity index is 2.34. The smallest absolute Gasteiger partial charge is 0.184 e. The number of halogens is 2. The highest BCUT2D eigenvalue weighted by atomic mass is 79.9. The summed E-state index contributed by atoms with van der Waals surface area (Å²) in [6.45, 7) is 0.397. The first kappa shape index (κ1) is 11.2. The number of rotatable bonds is 0. The van der Waals surface area contributed by atoms with E-state index in [1.54, 1.807) is 0 Å². The van der Waals surface area contributed by atoms with Crippen molar-refractivity contribution in [1.29, 1.82) is 0 Å². The Labute approximate surface area is 115 Å². The molecule has 0 aromatic heterocycles. The average Bonchev–Trinajstić information content (AvgIpc) is 2.33. The van der Waals surface area contributed by atoms with E-state index < -0.39 is 0 Å². The van der Waals surface area contributed by atoms with Gasteiger partial charge in [-0.05, 0) is 29.0 Å². The summed E-state index contributed by atoms with van der Waals surface area (Å²) in [4.78, 5) is 11.9. The zero-order valence-electron chi connectivity index (χ0n) is 8.74. The minimum Gasteiger partial charge on any atom is -0.491 e. The van der Waals surface area contributed by atoms with E-state index in [2.05, 4.69) is 31.9 Å². The molecular formula is C13H8Br2O2. The molecule has 2 aromatic rings. The van der Waals surface area contributed by atoms with E-state index in [1.807, 2.05) is 30.3 Å². The molecule has 86 valence electrons. The first-order valence-electron chi connectivity index (χ1n) is 5.20. The number of hydrogen-bond acceptors (Lipinski definition) is 2. The Hall–Kier alpha value is -0.870. The quantitative estimate of drug-likeness (QED) is 0.669. The summed E-state index contributed by atoms with van der Waals surface area (Å²) in [5.41, 5.74) is 0.683. The number of hydrogen-bond donors (Lipinski definition) is 0. The number of carbonyl (C=O) groups excluding carboxylic acids is 1. The van der Waals surface area contributed by atoms with Gasteiger partial charge in [-0.25, -0.2) is 0 Å². The van der Waals surface area contributed by atoms with Crippen molar-refractivity contribution in [3.8, 4) is 5.75 Å². The molecule has 0 saturated carbocycles. The summed E-state index contributed by atoms with van der Waals surface area (Å²) in [5, 5.41) is 1.98. The van der Waals surface area contributed by atoms with Gasteiger partial charge in [-0.15, -0.1) is 0 Å². The van der Waals surface area contributed by atoms with Gasteiger partial charge >= 0.3 is 0 Å². The predicted molar refractivity (Wildman–Crippen MR) is 74.2 cm³/mol. The van der Waals surface area contributed by atoms with Gasteiger partial charge in [0.05, 0.1) is 5.56 Å². The highest BCUT2D eigenvalue weighted by Crippen LogP contribution is 2.34. The van der Waals surface area contributed by atoms with Gasteiger partial charge in [0.15, 0.2) is 5.78 Å². The molecular weight excluding hydrogens is 348 g/mol. The van der Waals surface area contributed by atoms with Crippen LogP contribution in [0, 0.1) is 0 Å². The Morgan fingerprint density at radius 1 is 1.24 bits per heavy atom. The monoisotopic (exact) mass is 354 g/mol. The van der Waals surface area contributed by atoms with Crippen molar-refractivity contribution in [2.24, 2.45) is 0 Å². The zero-order chi connectivity index (χ0) is 12.0.